The average Bonchev–Trinajstić information content (AvgIpc) is 2.38. The highest BCUT2D eigenvalue weighted by Gasteiger charge is 2.42. The number of hydrogen-bond acceptors (Lipinski definition) is 4. The number of rotatable bonds is 11. The van der Waals surface area contributed by atoms with Crippen LogP contribution in [0.25, 0.3) is 0 Å². The number of carbonyl (C=O) groups excluding carboxylic acids is 1. The standard InChI is InChI=1S/C13H28O4Si/c1-5-7-9-11-13(14)17-18(15-3,16-4)12-10-8-6-2/h5-12H2,1-4H3. The van der Waals surface area contributed by atoms with Crippen LogP contribution in [0.15, 0.2) is 0 Å². The molecule has 4 nitrogen and oxygen atoms in total. The van der Waals surface area contributed by atoms with E-state index in [0.717, 1.165) is 38.5 Å². The molecule has 0 radical (unpaired) electrons. The van der Waals surface area contributed by atoms with Crippen molar-refractivity contribution in [2.75, 3.05) is 14.2 Å². The highest BCUT2D eigenvalue weighted by atomic mass is 28.4. The van der Waals surface area contributed by atoms with Gasteiger partial charge < -0.3 is 13.3 Å². The van der Waals surface area contributed by atoms with Crippen LogP contribution in [0, 0.1) is 0 Å². The van der Waals surface area contributed by atoms with Crippen molar-refractivity contribution in [3.63, 3.8) is 0 Å². The Morgan fingerprint density at radius 1 is 0.944 bits per heavy atom. The van der Waals surface area contributed by atoms with Crippen LogP contribution in [-0.2, 0) is 18.1 Å². The molecule has 0 aromatic carbocycles. The number of hydrogen-bond donors (Lipinski definition) is 0. The molecular weight excluding hydrogens is 248 g/mol. The maximum atomic E-state index is 11.7. The summed E-state index contributed by atoms with van der Waals surface area (Å²) in [5.74, 6) is -0.185. The Balaban J connectivity index is 4.18. The van der Waals surface area contributed by atoms with Gasteiger partial charge in [0.15, 0.2) is 0 Å². The van der Waals surface area contributed by atoms with Crippen LogP contribution in [0.1, 0.15) is 58.8 Å². The molecule has 108 valence electrons. The molecule has 0 aromatic rings. The molecule has 0 aliphatic rings. The third-order valence-corrected chi connectivity index (χ3v) is 5.71. The molecule has 0 N–H and O–H groups in total. The molecule has 18 heavy (non-hydrogen) atoms. The molecular formula is C13H28O4Si. The van der Waals surface area contributed by atoms with Crippen molar-refractivity contribution in [1.82, 2.24) is 0 Å². The Hall–Kier alpha value is -0.393. The summed E-state index contributed by atoms with van der Waals surface area (Å²) in [6.45, 7) is 4.25. The summed E-state index contributed by atoms with van der Waals surface area (Å²) in [7, 11) is 0.387. The second-order valence-corrected chi connectivity index (χ2v) is 7.37. The summed E-state index contributed by atoms with van der Waals surface area (Å²) in [6.07, 6.45) is 6.70. The van der Waals surface area contributed by atoms with Gasteiger partial charge in [-0.2, -0.15) is 0 Å². The van der Waals surface area contributed by atoms with E-state index < -0.39 is 8.80 Å². The van der Waals surface area contributed by atoms with Crippen molar-refractivity contribution in [3.05, 3.63) is 0 Å². The molecule has 0 aliphatic carbocycles. The Morgan fingerprint density at radius 2 is 1.50 bits per heavy atom. The molecule has 0 atom stereocenters. The van der Waals surface area contributed by atoms with Gasteiger partial charge >= 0.3 is 8.80 Å². The lowest BCUT2D eigenvalue weighted by Crippen LogP contribution is -2.45. The smallest absolute Gasteiger partial charge is 0.473 e. The highest BCUT2D eigenvalue weighted by Crippen LogP contribution is 2.19. The van der Waals surface area contributed by atoms with Gasteiger partial charge in [-0.15, -0.1) is 0 Å². The predicted octanol–water partition coefficient (Wildman–Crippen LogP) is 3.53. The zero-order chi connectivity index (χ0) is 13.9. The fourth-order valence-corrected chi connectivity index (χ4v) is 3.73. The fraction of sp³-hybridized carbons (Fsp3) is 0.923. The lowest BCUT2D eigenvalue weighted by molar-refractivity contribution is -0.139. The number of carbonyl (C=O) groups is 1. The molecule has 0 saturated carbocycles. The minimum absolute atomic E-state index is 0.185. The average molecular weight is 276 g/mol. The van der Waals surface area contributed by atoms with E-state index in [0.29, 0.717) is 12.5 Å². The quantitative estimate of drug-likeness (QED) is 0.428. The molecule has 0 bridgehead atoms. The lowest BCUT2D eigenvalue weighted by atomic mass is 10.2. The normalized spacial score (nSPS) is 11.6. The first-order valence-corrected chi connectivity index (χ1v) is 8.89. The van der Waals surface area contributed by atoms with E-state index in [4.69, 9.17) is 13.3 Å². The molecule has 0 amide bonds. The molecule has 5 heteroatoms. The fourth-order valence-electron chi connectivity index (χ4n) is 1.76. The predicted molar refractivity (Wildman–Crippen MR) is 74.3 cm³/mol. The summed E-state index contributed by atoms with van der Waals surface area (Å²) in [6, 6.07) is 0.716. The molecule has 0 saturated heterocycles. The van der Waals surface area contributed by atoms with Crippen molar-refractivity contribution in [2.45, 2.75) is 64.8 Å². The largest absolute Gasteiger partial charge is 0.567 e. The SMILES string of the molecule is CCCCCC(=O)O[Si](CCCCC)(OC)OC. The monoisotopic (exact) mass is 276 g/mol. The Labute approximate surface area is 112 Å². The van der Waals surface area contributed by atoms with Gasteiger partial charge in [-0.05, 0) is 12.8 Å². The van der Waals surface area contributed by atoms with Crippen LogP contribution in [-0.4, -0.2) is 29.0 Å². The van der Waals surface area contributed by atoms with E-state index in [9.17, 15) is 4.79 Å². The van der Waals surface area contributed by atoms with Crippen LogP contribution >= 0.6 is 0 Å². The molecule has 0 heterocycles. The van der Waals surface area contributed by atoms with E-state index >= 15 is 0 Å². The molecule has 0 aromatic heterocycles. The van der Waals surface area contributed by atoms with Crippen LogP contribution in [0.5, 0.6) is 0 Å². The van der Waals surface area contributed by atoms with Gasteiger partial charge in [-0.25, -0.2) is 0 Å². The van der Waals surface area contributed by atoms with Crippen molar-refractivity contribution >= 4 is 14.8 Å². The van der Waals surface area contributed by atoms with Gasteiger partial charge in [0.05, 0.1) is 0 Å². The van der Waals surface area contributed by atoms with Gasteiger partial charge in [0.2, 0.25) is 0 Å². The summed E-state index contributed by atoms with van der Waals surface area (Å²) in [5, 5.41) is 0. The second kappa shape index (κ2) is 10.5. The Kier molecular flexibility index (Phi) is 10.3. The van der Waals surface area contributed by atoms with Crippen molar-refractivity contribution in [3.8, 4) is 0 Å². The van der Waals surface area contributed by atoms with Crippen molar-refractivity contribution < 1.29 is 18.1 Å². The zero-order valence-electron chi connectivity index (χ0n) is 12.3. The molecule has 0 spiro atoms. The molecule has 0 rings (SSSR count). The minimum Gasteiger partial charge on any atom is -0.473 e. The van der Waals surface area contributed by atoms with E-state index in [1.54, 1.807) is 14.2 Å². The van der Waals surface area contributed by atoms with Crippen LogP contribution in [0.4, 0.5) is 0 Å². The third-order valence-electron chi connectivity index (χ3n) is 2.96. The van der Waals surface area contributed by atoms with E-state index in [-0.39, 0.29) is 5.97 Å². The molecule has 0 fully saturated rings. The first kappa shape index (κ1) is 17.6. The van der Waals surface area contributed by atoms with Crippen LogP contribution < -0.4 is 0 Å². The molecule has 0 aliphatic heterocycles. The maximum absolute atomic E-state index is 11.7. The van der Waals surface area contributed by atoms with E-state index in [2.05, 4.69) is 13.8 Å². The van der Waals surface area contributed by atoms with Crippen molar-refractivity contribution in [1.29, 1.82) is 0 Å². The topological polar surface area (TPSA) is 44.8 Å². The molecule has 0 unspecified atom stereocenters. The van der Waals surface area contributed by atoms with E-state index in [1.165, 1.54) is 0 Å². The van der Waals surface area contributed by atoms with Crippen LogP contribution in [0.2, 0.25) is 6.04 Å². The third kappa shape index (κ3) is 7.13. The highest BCUT2D eigenvalue weighted by molar-refractivity contribution is 6.62. The first-order chi connectivity index (χ1) is 8.64. The van der Waals surface area contributed by atoms with Gasteiger partial charge in [0, 0.05) is 26.7 Å². The maximum Gasteiger partial charge on any atom is 0.567 e. The minimum atomic E-state index is -2.75. The Bertz CT molecular complexity index is 217. The van der Waals surface area contributed by atoms with Gasteiger partial charge in [-0.1, -0.05) is 39.5 Å². The number of unbranched alkanes of at least 4 members (excludes halogenated alkanes) is 4. The van der Waals surface area contributed by atoms with E-state index in [1.807, 2.05) is 0 Å². The van der Waals surface area contributed by atoms with Gasteiger partial charge in [0.25, 0.3) is 5.97 Å². The summed E-state index contributed by atoms with van der Waals surface area (Å²) in [5.41, 5.74) is 0. The van der Waals surface area contributed by atoms with Crippen molar-refractivity contribution in [2.24, 2.45) is 0 Å². The summed E-state index contributed by atoms with van der Waals surface area (Å²) < 4.78 is 16.3. The Morgan fingerprint density at radius 3 is 2.00 bits per heavy atom. The first-order valence-electron chi connectivity index (χ1n) is 6.96. The summed E-state index contributed by atoms with van der Waals surface area (Å²) in [4.78, 5) is 11.7. The zero-order valence-corrected chi connectivity index (χ0v) is 13.3. The lowest BCUT2D eigenvalue weighted by Gasteiger charge is -2.25. The van der Waals surface area contributed by atoms with Crippen LogP contribution in [0.3, 0.4) is 0 Å². The van der Waals surface area contributed by atoms with Gasteiger partial charge in [0.1, 0.15) is 0 Å². The van der Waals surface area contributed by atoms with Gasteiger partial charge in [-0.3, -0.25) is 4.79 Å². The summed E-state index contributed by atoms with van der Waals surface area (Å²) >= 11 is 0. The second-order valence-electron chi connectivity index (χ2n) is 4.48.